The lowest BCUT2D eigenvalue weighted by Crippen LogP contribution is -2.32. The number of amides is 1. The van der Waals surface area contributed by atoms with E-state index in [0.29, 0.717) is 18.1 Å². The van der Waals surface area contributed by atoms with Gasteiger partial charge in [0.05, 0.1) is 22.5 Å². The third-order valence-corrected chi connectivity index (χ3v) is 6.93. The SMILES string of the molecule is Cc1ccc2nc(N(Cc3ccccn3)C(=O)CC(c3ccccc3)c3ccccc3)sc2c1. The third-order valence-electron chi connectivity index (χ3n) is 5.89. The summed E-state index contributed by atoms with van der Waals surface area (Å²) in [5.41, 5.74) is 5.17. The zero-order valence-corrected chi connectivity index (χ0v) is 19.8. The summed E-state index contributed by atoms with van der Waals surface area (Å²) >= 11 is 1.55. The molecule has 0 unspecified atom stereocenters. The first-order valence-corrected chi connectivity index (χ1v) is 12.2. The number of hydrogen-bond acceptors (Lipinski definition) is 4. The highest BCUT2D eigenvalue weighted by atomic mass is 32.1. The number of carbonyl (C=O) groups excluding carboxylic acids is 1. The highest BCUT2D eigenvalue weighted by Gasteiger charge is 2.25. The van der Waals surface area contributed by atoms with Crippen LogP contribution in [0.4, 0.5) is 5.13 Å². The topological polar surface area (TPSA) is 46.1 Å². The van der Waals surface area contributed by atoms with E-state index in [1.165, 1.54) is 5.56 Å². The zero-order valence-electron chi connectivity index (χ0n) is 19.0. The number of anilines is 1. The van der Waals surface area contributed by atoms with Crippen molar-refractivity contribution < 1.29 is 4.79 Å². The van der Waals surface area contributed by atoms with Gasteiger partial charge in [-0.1, -0.05) is 84.1 Å². The number of hydrogen-bond donors (Lipinski definition) is 0. The molecule has 0 radical (unpaired) electrons. The number of thiazole rings is 1. The quantitative estimate of drug-likeness (QED) is 0.268. The molecule has 0 atom stereocenters. The average Bonchev–Trinajstić information content (AvgIpc) is 3.30. The maximum absolute atomic E-state index is 13.9. The molecule has 0 spiro atoms. The summed E-state index contributed by atoms with van der Waals surface area (Å²) in [4.78, 5) is 25.0. The molecule has 34 heavy (non-hydrogen) atoms. The molecule has 3 aromatic carbocycles. The van der Waals surface area contributed by atoms with Crippen LogP contribution in [0.3, 0.4) is 0 Å². The van der Waals surface area contributed by atoms with Gasteiger partial charge >= 0.3 is 0 Å². The fourth-order valence-electron chi connectivity index (χ4n) is 4.13. The highest BCUT2D eigenvalue weighted by Crippen LogP contribution is 2.33. The summed E-state index contributed by atoms with van der Waals surface area (Å²) in [5.74, 6) is -0.0168. The van der Waals surface area contributed by atoms with Gasteiger partial charge in [0, 0.05) is 18.5 Å². The lowest BCUT2D eigenvalue weighted by Gasteiger charge is -2.24. The number of aromatic nitrogens is 2. The molecule has 168 valence electrons. The molecule has 2 aromatic heterocycles. The molecule has 0 saturated heterocycles. The zero-order chi connectivity index (χ0) is 23.3. The van der Waals surface area contributed by atoms with Crippen molar-refractivity contribution in [2.45, 2.75) is 25.8 Å². The largest absolute Gasteiger partial charge is 0.282 e. The highest BCUT2D eigenvalue weighted by molar-refractivity contribution is 7.22. The molecule has 1 amide bonds. The smallest absolute Gasteiger partial charge is 0.230 e. The molecule has 5 aromatic rings. The van der Waals surface area contributed by atoms with Crippen molar-refractivity contribution in [3.8, 4) is 0 Å². The van der Waals surface area contributed by atoms with Gasteiger partial charge in [0.1, 0.15) is 0 Å². The molecule has 0 aliphatic rings. The predicted molar refractivity (Wildman–Crippen MR) is 139 cm³/mol. The number of carbonyl (C=O) groups is 1. The average molecular weight is 464 g/mol. The predicted octanol–water partition coefficient (Wildman–Crippen LogP) is 6.76. The Kier molecular flexibility index (Phi) is 6.45. The second kappa shape index (κ2) is 9.98. The normalized spacial score (nSPS) is 11.1. The monoisotopic (exact) mass is 463 g/mol. The van der Waals surface area contributed by atoms with Crippen LogP contribution >= 0.6 is 11.3 Å². The number of nitrogens with zero attached hydrogens (tertiary/aromatic N) is 3. The first-order valence-electron chi connectivity index (χ1n) is 11.3. The second-order valence-corrected chi connectivity index (χ2v) is 9.36. The summed E-state index contributed by atoms with van der Waals surface area (Å²) in [7, 11) is 0. The third kappa shape index (κ3) is 4.90. The standard InChI is InChI=1S/C29H25N3OS/c1-21-15-16-26-27(18-21)34-29(31-26)32(20-24-14-8-9-17-30-24)28(33)19-25(22-10-4-2-5-11-22)23-12-6-3-7-13-23/h2-18,25H,19-20H2,1H3. The summed E-state index contributed by atoms with van der Waals surface area (Å²) in [6, 6.07) is 32.5. The molecule has 2 heterocycles. The van der Waals surface area contributed by atoms with Crippen molar-refractivity contribution in [2.75, 3.05) is 4.90 Å². The summed E-state index contributed by atoms with van der Waals surface area (Å²) < 4.78 is 1.08. The van der Waals surface area contributed by atoms with Gasteiger partial charge in [-0.05, 0) is 47.9 Å². The Morgan fingerprint density at radius 3 is 2.21 bits per heavy atom. The van der Waals surface area contributed by atoms with Gasteiger partial charge in [-0.2, -0.15) is 0 Å². The van der Waals surface area contributed by atoms with E-state index < -0.39 is 0 Å². The van der Waals surface area contributed by atoms with E-state index in [4.69, 9.17) is 4.98 Å². The number of pyridine rings is 1. The van der Waals surface area contributed by atoms with E-state index in [9.17, 15) is 4.79 Å². The van der Waals surface area contributed by atoms with Crippen LogP contribution in [-0.4, -0.2) is 15.9 Å². The van der Waals surface area contributed by atoms with Crippen molar-refractivity contribution in [1.29, 1.82) is 0 Å². The number of fused-ring (bicyclic) bond motifs is 1. The fraction of sp³-hybridized carbons (Fsp3) is 0.138. The maximum atomic E-state index is 13.9. The lowest BCUT2D eigenvalue weighted by atomic mass is 9.88. The number of rotatable bonds is 7. The minimum absolute atomic E-state index is 0.0270. The summed E-state index contributed by atoms with van der Waals surface area (Å²) in [6.45, 7) is 2.45. The van der Waals surface area contributed by atoms with Gasteiger partial charge in [-0.3, -0.25) is 14.7 Å². The van der Waals surface area contributed by atoms with E-state index >= 15 is 0 Å². The van der Waals surface area contributed by atoms with E-state index in [2.05, 4.69) is 48.3 Å². The Hall–Kier alpha value is -3.83. The van der Waals surface area contributed by atoms with E-state index in [1.54, 1.807) is 22.4 Å². The van der Waals surface area contributed by atoms with Crippen molar-refractivity contribution in [3.05, 3.63) is 126 Å². The van der Waals surface area contributed by atoms with Crippen LogP contribution in [0.1, 0.15) is 34.7 Å². The molecule has 5 heteroatoms. The fourth-order valence-corrected chi connectivity index (χ4v) is 5.22. The van der Waals surface area contributed by atoms with E-state index in [1.807, 2.05) is 60.7 Å². The molecular weight excluding hydrogens is 438 g/mol. The Morgan fingerprint density at radius 2 is 1.56 bits per heavy atom. The van der Waals surface area contributed by atoms with Crippen LogP contribution < -0.4 is 4.90 Å². The first-order chi connectivity index (χ1) is 16.7. The van der Waals surface area contributed by atoms with Crippen LogP contribution in [0.2, 0.25) is 0 Å². The molecule has 0 aliphatic carbocycles. The van der Waals surface area contributed by atoms with Gasteiger partial charge in [0.25, 0.3) is 0 Å². The molecule has 0 N–H and O–H groups in total. The molecule has 0 saturated carbocycles. The molecule has 0 bridgehead atoms. The minimum atomic E-state index is -0.0437. The van der Waals surface area contributed by atoms with Crippen molar-refractivity contribution in [2.24, 2.45) is 0 Å². The molecular formula is C29H25N3OS. The molecule has 0 aliphatic heterocycles. The second-order valence-electron chi connectivity index (χ2n) is 8.35. The van der Waals surface area contributed by atoms with Crippen LogP contribution in [0.15, 0.2) is 103 Å². The van der Waals surface area contributed by atoms with Crippen LogP contribution in [0.5, 0.6) is 0 Å². The molecule has 0 fully saturated rings. The summed E-state index contributed by atoms with van der Waals surface area (Å²) in [6.07, 6.45) is 2.10. The number of aryl methyl sites for hydroxylation is 1. The van der Waals surface area contributed by atoms with Crippen LogP contribution in [-0.2, 0) is 11.3 Å². The Bertz CT molecular complexity index is 1350. The number of benzene rings is 3. The Labute approximate surface area is 203 Å². The summed E-state index contributed by atoms with van der Waals surface area (Å²) in [5, 5.41) is 0.705. The van der Waals surface area contributed by atoms with Gasteiger partial charge < -0.3 is 0 Å². The lowest BCUT2D eigenvalue weighted by molar-refractivity contribution is -0.119. The van der Waals surface area contributed by atoms with E-state index in [0.717, 1.165) is 27.0 Å². The van der Waals surface area contributed by atoms with Crippen LogP contribution in [0, 0.1) is 6.92 Å². The van der Waals surface area contributed by atoms with Crippen molar-refractivity contribution >= 4 is 32.6 Å². The van der Waals surface area contributed by atoms with Gasteiger partial charge in [-0.25, -0.2) is 4.98 Å². The molecule has 5 rings (SSSR count). The van der Waals surface area contributed by atoms with Crippen LogP contribution in [0.25, 0.3) is 10.2 Å². The van der Waals surface area contributed by atoms with Gasteiger partial charge in [0.2, 0.25) is 5.91 Å². The Morgan fingerprint density at radius 1 is 0.882 bits per heavy atom. The maximum Gasteiger partial charge on any atom is 0.230 e. The van der Waals surface area contributed by atoms with Gasteiger partial charge in [0.15, 0.2) is 5.13 Å². The minimum Gasteiger partial charge on any atom is -0.282 e. The first kappa shape index (κ1) is 22.0. The van der Waals surface area contributed by atoms with Gasteiger partial charge in [-0.15, -0.1) is 0 Å². The van der Waals surface area contributed by atoms with Crippen molar-refractivity contribution in [3.63, 3.8) is 0 Å². The Balaban J connectivity index is 1.52. The van der Waals surface area contributed by atoms with E-state index in [-0.39, 0.29) is 11.8 Å². The van der Waals surface area contributed by atoms with Crippen molar-refractivity contribution in [1.82, 2.24) is 9.97 Å². The molecule has 4 nitrogen and oxygen atoms in total.